The van der Waals surface area contributed by atoms with E-state index in [1.165, 1.54) is 22.4 Å². The lowest BCUT2D eigenvalue weighted by Crippen LogP contribution is -2.11. The molecule has 1 N–H and O–H groups in total. The lowest BCUT2D eigenvalue weighted by atomic mass is 9.90. The highest BCUT2D eigenvalue weighted by molar-refractivity contribution is 5.78. The number of ether oxygens (including phenoxy) is 1. The highest BCUT2D eigenvalue weighted by atomic mass is 16.5. The zero-order valence-electron chi connectivity index (χ0n) is 19.0. The van der Waals surface area contributed by atoms with Crippen LogP contribution in [-0.2, 0) is 28.9 Å². The van der Waals surface area contributed by atoms with Gasteiger partial charge in [0.1, 0.15) is 11.5 Å². The Hall–Kier alpha value is -4.32. The third-order valence-corrected chi connectivity index (χ3v) is 5.68. The average Bonchev–Trinajstić information content (AvgIpc) is 3.49. The van der Waals surface area contributed by atoms with Crippen molar-refractivity contribution < 1.29 is 19.2 Å². The molecule has 4 aromatic rings. The first-order valence-electron chi connectivity index (χ1n) is 11.0. The highest BCUT2D eigenvalue weighted by Gasteiger charge is 2.25. The van der Waals surface area contributed by atoms with Gasteiger partial charge in [-0.25, -0.2) is 0 Å². The van der Waals surface area contributed by atoms with Crippen LogP contribution in [0.3, 0.4) is 0 Å². The van der Waals surface area contributed by atoms with Crippen LogP contribution in [0, 0.1) is 0 Å². The van der Waals surface area contributed by atoms with Gasteiger partial charge in [0.25, 0.3) is 6.47 Å². The van der Waals surface area contributed by atoms with Crippen LogP contribution in [0.1, 0.15) is 18.2 Å². The Balaban J connectivity index is 0.000000868. The molecule has 2 aromatic heterocycles. The number of nitrogens with zero attached hydrogens (tertiary/aromatic N) is 2. The molecule has 1 aliphatic rings. The van der Waals surface area contributed by atoms with Crippen molar-refractivity contribution >= 4 is 6.47 Å². The Morgan fingerprint density at radius 3 is 2.62 bits per heavy atom. The van der Waals surface area contributed by atoms with Gasteiger partial charge < -0.3 is 18.9 Å². The summed E-state index contributed by atoms with van der Waals surface area (Å²) >= 11 is 0. The number of aryl methyl sites for hydroxylation is 1. The zero-order chi connectivity index (χ0) is 23.9. The molecule has 2 aromatic carbocycles. The van der Waals surface area contributed by atoms with Crippen LogP contribution in [0.5, 0.6) is 0 Å². The fraction of sp³-hybridized carbons (Fsp3) is 0.143. The molecule has 0 aliphatic heterocycles. The van der Waals surface area contributed by atoms with Crippen molar-refractivity contribution in [3.63, 3.8) is 0 Å². The van der Waals surface area contributed by atoms with E-state index in [1.807, 2.05) is 49.4 Å². The van der Waals surface area contributed by atoms with Crippen LogP contribution >= 0.6 is 0 Å². The van der Waals surface area contributed by atoms with E-state index < -0.39 is 0 Å². The second-order valence-electron chi connectivity index (χ2n) is 7.81. The summed E-state index contributed by atoms with van der Waals surface area (Å²) in [7, 11) is 0. The molecule has 172 valence electrons. The van der Waals surface area contributed by atoms with Crippen LogP contribution < -0.4 is 0 Å². The molecule has 0 bridgehead atoms. The summed E-state index contributed by atoms with van der Waals surface area (Å²) in [5.41, 5.74) is 8.03. The molecule has 0 unspecified atom stereocenters. The van der Waals surface area contributed by atoms with Gasteiger partial charge >= 0.3 is 0 Å². The van der Waals surface area contributed by atoms with Crippen LogP contribution in [-0.4, -0.2) is 21.3 Å². The third kappa shape index (κ3) is 4.71. The van der Waals surface area contributed by atoms with Gasteiger partial charge in [0.05, 0.1) is 18.5 Å². The Kier molecular flexibility index (Phi) is 7.08. The van der Waals surface area contributed by atoms with Crippen molar-refractivity contribution in [2.45, 2.75) is 26.3 Å². The highest BCUT2D eigenvalue weighted by Crippen LogP contribution is 2.40. The maximum Gasteiger partial charge on any atom is 0.290 e. The quantitative estimate of drug-likeness (QED) is 0.272. The minimum absolute atomic E-state index is 0.250. The number of carbonyl (C=O) groups is 1. The van der Waals surface area contributed by atoms with Crippen LogP contribution in [0.25, 0.3) is 33.8 Å². The lowest BCUT2D eigenvalue weighted by Gasteiger charge is -2.20. The lowest BCUT2D eigenvalue weighted by molar-refractivity contribution is -0.122. The normalized spacial score (nSPS) is 11.8. The summed E-state index contributed by atoms with van der Waals surface area (Å²) in [5, 5.41) is 11.2. The summed E-state index contributed by atoms with van der Waals surface area (Å²) in [6, 6.07) is 22.9. The number of hydrogen-bond acceptors (Lipinski definition) is 4. The Morgan fingerprint density at radius 2 is 1.85 bits per heavy atom. The maximum atomic E-state index is 8.36. The SMILES string of the molecule is C=C(Cn1c(-c2cc(-c3ccccc3)no2)cc2c1CCc1ccccc1-2)O/C=C/C.O=CO. The molecule has 0 saturated carbocycles. The van der Waals surface area contributed by atoms with Gasteiger partial charge in [-0.05, 0) is 37.0 Å². The molecule has 34 heavy (non-hydrogen) atoms. The maximum absolute atomic E-state index is 8.36. The predicted octanol–water partition coefficient (Wildman–Crippen LogP) is 6.34. The number of fused-ring (bicyclic) bond motifs is 3. The van der Waals surface area contributed by atoms with Gasteiger partial charge in [0, 0.05) is 22.9 Å². The Labute approximate surface area is 198 Å². The monoisotopic (exact) mass is 454 g/mol. The molecule has 0 radical (unpaired) electrons. The number of aromatic nitrogens is 2. The second kappa shape index (κ2) is 10.5. The van der Waals surface area contributed by atoms with E-state index in [4.69, 9.17) is 19.2 Å². The summed E-state index contributed by atoms with van der Waals surface area (Å²) < 4.78 is 13.7. The molecule has 1 aliphatic carbocycles. The zero-order valence-corrected chi connectivity index (χ0v) is 19.0. The summed E-state index contributed by atoms with van der Waals surface area (Å²) in [5.74, 6) is 1.42. The van der Waals surface area contributed by atoms with Gasteiger partial charge in [0.2, 0.25) is 0 Å². The van der Waals surface area contributed by atoms with Crippen molar-refractivity contribution in [2.24, 2.45) is 0 Å². The molecule has 6 nitrogen and oxygen atoms in total. The first kappa shape index (κ1) is 22.9. The number of allylic oxidation sites excluding steroid dienone is 2. The van der Waals surface area contributed by atoms with E-state index in [9.17, 15) is 0 Å². The summed E-state index contributed by atoms with van der Waals surface area (Å²) in [6.45, 7) is 6.33. The first-order chi connectivity index (χ1) is 16.7. The molecular formula is C28H26N2O4. The fourth-order valence-electron chi connectivity index (χ4n) is 4.25. The fourth-order valence-corrected chi connectivity index (χ4v) is 4.25. The Morgan fingerprint density at radius 1 is 1.12 bits per heavy atom. The molecule has 0 saturated heterocycles. The third-order valence-electron chi connectivity index (χ3n) is 5.68. The van der Waals surface area contributed by atoms with E-state index in [2.05, 4.69) is 46.6 Å². The smallest absolute Gasteiger partial charge is 0.290 e. The molecule has 6 heteroatoms. The van der Waals surface area contributed by atoms with Crippen molar-refractivity contribution in [2.75, 3.05) is 0 Å². The molecule has 0 amide bonds. The average molecular weight is 455 g/mol. The summed E-state index contributed by atoms with van der Waals surface area (Å²) in [4.78, 5) is 8.36. The minimum Gasteiger partial charge on any atom is -0.483 e. The minimum atomic E-state index is -0.250. The number of rotatable bonds is 6. The number of hydrogen-bond donors (Lipinski definition) is 1. The first-order valence-corrected chi connectivity index (χ1v) is 11.0. The van der Waals surface area contributed by atoms with Gasteiger partial charge in [0.15, 0.2) is 5.76 Å². The van der Waals surface area contributed by atoms with Crippen molar-refractivity contribution in [1.29, 1.82) is 0 Å². The molecule has 0 atom stereocenters. The van der Waals surface area contributed by atoms with Crippen LogP contribution in [0.4, 0.5) is 0 Å². The number of carboxylic acid groups (broad SMARTS) is 1. The van der Waals surface area contributed by atoms with Gasteiger partial charge in [-0.2, -0.15) is 0 Å². The molecule has 2 heterocycles. The van der Waals surface area contributed by atoms with E-state index in [-0.39, 0.29) is 6.47 Å². The molecular weight excluding hydrogens is 428 g/mol. The van der Waals surface area contributed by atoms with Crippen LogP contribution in [0.2, 0.25) is 0 Å². The van der Waals surface area contributed by atoms with Crippen LogP contribution in [0.15, 0.2) is 95.9 Å². The van der Waals surface area contributed by atoms with E-state index in [1.54, 1.807) is 6.26 Å². The van der Waals surface area contributed by atoms with E-state index >= 15 is 0 Å². The molecule has 5 rings (SSSR count). The van der Waals surface area contributed by atoms with Crippen molar-refractivity contribution in [1.82, 2.24) is 9.72 Å². The largest absolute Gasteiger partial charge is 0.483 e. The van der Waals surface area contributed by atoms with E-state index in [0.717, 1.165) is 35.6 Å². The van der Waals surface area contributed by atoms with E-state index in [0.29, 0.717) is 12.3 Å². The summed E-state index contributed by atoms with van der Waals surface area (Å²) in [6.07, 6.45) is 5.49. The van der Waals surface area contributed by atoms with Crippen molar-refractivity contribution in [3.05, 3.63) is 103 Å². The van der Waals surface area contributed by atoms with Gasteiger partial charge in [-0.1, -0.05) is 72.4 Å². The van der Waals surface area contributed by atoms with Gasteiger partial charge in [-0.3, -0.25) is 4.79 Å². The van der Waals surface area contributed by atoms with Gasteiger partial charge in [-0.15, -0.1) is 0 Å². The number of benzene rings is 2. The van der Waals surface area contributed by atoms with Crippen molar-refractivity contribution in [3.8, 4) is 33.8 Å². The molecule has 0 spiro atoms. The molecule has 0 fully saturated rings. The topological polar surface area (TPSA) is 77.5 Å². The predicted molar refractivity (Wildman–Crippen MR) is 132 cm³/mol. The second-order valence-corrected chi connectivity index (χ2v) is 7.81. The Bertz CT molecular complexity index is 1320. The standard InChI is InChI=1S/C27H24N2O2.CH2O2/c1-3-15-30-19(2)18-29-25-14-13-20-9-7-8-12-22(20)23(25)16-26(29)27-17-24(28-31-27)21-10-5-4-6-11-21;2-1-3/h3-12,15-17H,2,13-14,18H2,1H3;1H,(H,2,3)/b15-3+;.